The molecule has 0 radical (unpaired) electrons. The van der Waals surface area contributed by atoms with Gasteiger partial charge in [0.1, 0.15) is 5.69 Å². The second-order valence-electron chi connectivity index (χ2n) is 4.19. The van der Waals surface area contributed by atoms with Crippen LogP contribution in [0, 0.1) is 10.1 Å². The van der Waals surface area contributed by atoms with Gasteiger partial charge in [0.15, 0.2) is 0 Å². The number of alkyl halides is 3. The zero-order chi connectivity index (χ0) is 16.3. The average Bonchev–Trinajstić information content (AvgIpc) is 2.46. The predicted octanol–water partition coefficient (Wildman–Crippen LogP) is 3.26. The number of carbonyl (C=O) groups is 1. The Morgan fingerprint density at radius 1 is 1.23 bits per heavy atom. The van der Waals surface area contributed by atoms with Crippen molar-refractivity contribution in [1.82, 2.24) is 4.98 Å². The van der Waals surface area contributed by atoms with Gasteiger partial charge in [0.25, 0.3) is 11.6 Å². The largest absolute Gasteiger partial charge is 0.433 e. The molecule has 0 bridgehead atoms. The molecule has 0 unspecified atom stereocenters. The molecule has 0 aliphatic carbocycles. The SMILES string of the molecule is O=C(Nc1cccc([N+](=O)[O-])c1)c1ccc(C(F)(F)F)nc1. The molecule has 0 fully saturated rings. The lowest BCUT2D eigenvalue weighted by molar-refractivity contribution is -0.384. The summed E-state index contributed by atoms with van der Waals surface area (Å²) in [6.07, 6.45) is -3.80. The van der Waals surface area contributed by atoms with Gasteiger partial charge < -0.3 is 5.32 Å². The highest BCUT2D eigenvalue weighted by atomic mass is 19.4. The van der Waals surface area contributed by atoms with Gasteiger partial charge in [-0.15, -0.1) is 0 Å². The molecule has 2 aromatic rings. The van der Waals surface area contributed by atoms with Gasteiger partial charge in [-0.05, 0) is 18.2 Å². The van der Waals surface area contributed by atoms with Crippen LogP contribution in [0.5, 0.6) is 0 Å². The fourth-order valence-corrected chi connectivity index (χ4v) is 1.60. The number of nitrogens with zero attached hydrogens (tertiary/aromatic N) is 2. The van der Waals surface area contributed by atoms with E-state index in [0.29, 0.717) is 6.07 Å². The molecule has 1 N–H and O–H groups in total. The smallest absolute Gasteiger partial charge is 0.322 e. The van der Waals surface area contributed by atoms with Crippen LogP contribution in [0.3, 0.4) is 0 Å². The highest BCUT2D eigenvalue weighted by Crippen LogP contribution is 2.27. The number of amides is 1. The van der Waals surface area contributed by atoms with Crippen LogP contribution in [0.4, 0.5) is 24.5 Å². The maximum absolute atomic E-state index is 12.4. The van der Waals surface area contributed by atoms with Gasteiger partial charge >= 0.3 is 6.18 Å². The highest BCUT2D eigenvalue weighted by molar-refractivity contribution is 6.04. The van der Waals surface area contributed by atoms with Crippen molar-refractivity contribution in [1.29, 1.82) is 0 Å². The first kappa shape index (κ1) is 15.4. The van der Waals surface area contributed by atoms with E-state index in [0.717, 1.165) is 18.3 Å². The van der Waals surface area contributed by atoms with Gasteiger partial charge in [0.2, 0.25) is 0 Å². The molecule has 1 aromatic heterocycles. The van der Waals surface area contributed by atoms with Gasteiger partial charge in [0, 0.05) is 24.0 Å². The molecule has 0 saturated carbocycles. The average molecular weight is 311 g/mol. The van der Waals surface area contributed by atoms with E-state index in [1.54, 1.807) is 0 Å². The minimum atomic E-state index is -4.59. The quantitative estimate of drug-likeness (QED) is 0.696. The summed E-state index contributed by atoms with van der Waals surface area (Å²) in [4.78, 5) is 25.0. The van der Waals surface area contributed by atoms with Crippen LogP contribution >= 0.6 is 0 Å². The number of pyridine rings is 1. The first-order valence-corrected chi connectivity index (χ1v) is 5.86. The molecule has 0 spiro atoms. The van der Waals surface area contributed by atoms with Gasteiger partial charge in [-0.3, -0.25) is 19.9 Å². The summed E-state index contributed by atoms with van der Waals surface area (Å²) in [5, 5.41) is 13.0. The summed E-state index contributed by atoms with van der Waals surface area (Å²) >= 11 is 0. The Morgan fingerprint density at radius 3 is 2.50 bits per heavy atom. The Hall–Kier alpha value is -2.97. The molecule has 9 heteroatoms. The molecule has 0 saturated heterocycles. The van der Waals surface area contributed by atoms with Gasteiger partial charge in [-0.25, -0.2) is 0 Å². The van der Waals surface area contributed by atoms with Crippen molar-refractivity contribution in [2.75, 3.05) is 5.32 Å². The lowest BCUT2D eigenvalue weighted by Crippen LogP contribution is -2.14. The number of rotatable bonds is 3. The van der Waals surface area contributed by atoms with E-state index in [2.05, 4.69) is 10.3 Å². The van der Waals surface area contributed by atoms with Crippen molar-refractivity contribution < 1.29 is 22.9 Å². The molecule has 0 aliphatic rings. The summed E-state index contributed by atoms with van der Waals surface area (Å²) in [5.41, 5.74) is -1.28. The zero-order valence-electron chi connectivity index (χ0n) is 10.8. The van der Waals surface area contributed by atoms with E-state index >= 15 is 0 Å². The number of non-ortho nitro benzene ring substituents is 1. The zero-order valence-corrected chi connectivity index (χ0v) is 10.8. The third-order valence-electron chi connectivity index (χ3n) is 2.63. The second-order valence-corrected chi connectivity index (χ2v) is 4.19. The molecule has 0 atom stereocenters. The number of benzene rings is 1. The summed E-state index contributed by atoms with van der Waals surface area (Å²) in [7, 11) is 0. The number of halogens is 3. The van der Waals surface area contributed by atoms with Crippen LogP contribution in [0.1, 0.15) is 16.1 Å². The monoisotopic (exact) mass is 311 g/mol. The number of anilines is 1. The maximum atomic E-state index is 12.4. The molecular formula is C13H8F3N3O3. The number of hydrogen-bond donors (Lipinski definition) is 1. The van der Waals surface area contributed by atoms with Crippen LogP contribution in [0.15, 0.2) is 42.6 Å². The van der Waals surface area contributed by atoms with E-state index in [-0.39, 0.29) is 16.9 Å². The first-order valence-electron chi connectivity index (χ1n) is 5.86. The van der Waals surface area contributed by atoms with E-state index in [1.165, 1.54) is 18.2 Å². The van der Waals surface area contributed by atoms with Crippen LogP contribution in [-0.4, -0.2) is 15.8 Å². The fourth-order valence-electron chi connectivity index (χ4n) is 1.60. The van der Waals surface area contributed by atoms with Crippen molar-refractivity contribution in [2.24, 2.45) is 0 Å². The van der Waals surface area contributed by atoms with Crippen LogP contribution in [-0.2, 0) is 6.18 Å². The third-order valence-corrected chi connectivity index (χ3v) is 2.63. The minimum absolute atomic E-state index is 0.0977. The number of aromatic nitrogens is 1. The Kier molecular flexibility index (Phi) is 4.06. The van der Waals surface area contributed by atoms with Crippen LogP contribution in [0.2, 0.25) is 0 Å². The summed E-state index contributed by atoms with van der Waals surface area (Å²) in [6.45, 7) is 0. The first-order chi connectivity index (χ1) is 10.3. The maximum Gasteiger partial charge on any atom is 0.433 e. The summed E-state index contributed by atoms with van der Waals surface area (Å²) < 4.78 is 37.1. The standard InChI is InChI=1S/C13H8F3N3O3/c14-13(15,16)11-5-4-8(7-17-11)12(20)18-9-2-1-3-10(6-9)19(21)22/h1-7H,(H,18,20). The van der Waals surface area contributed by atoms with Gasteiger partial charge in [-0.1, -0.05) is 6.07 Å². The molecule has 2 rings (SSSR count). The second kappa shape index (κ2) is 5.80. The molecule has 114 valence electrons. The number of nitro benzene ring substituents is 1. The molecule has 1 amide bonds. The van der Waals surface area contributed by atoms with E-state index in [1.807, 2.05) is 0 Å². The molecular weight excluding hydrogens is 303 g/mol. The normalized spacial score (nSPS) is 11.0. The number of nitrogens with one attached hydrogen (secondary N) is 1. The van der Waals surface area contributed by atoms with Crippen molar-refractivity contribution in [3.63, 3.8) is 0 Å². The van der Waals surface area contributed by atoms with E-state index < -0.39 is 22.7 Å². The Balaban J connectivity index is 2.15. The van der Waals surface area contributed by atoms with Crippen LogP contribution < -0.4 is 5.32 Å². The van der Waals surface area contributed by atoms with Crippen molar-refractivity contribution in [3.8, 4) is 0 Å². The molecule has 22 heavy (non-hydrogen) atoms. The molecule has 0 aliphatic heterocycles. The van der Waals surface area contributed by atoms with Gasteiger partial charge in [0.05, 0.1) is 10.5 Å². The number of nitro groups is 1. The number of carbonyl (C=O) groups excluding carboxylic acids is 1. The number of hydrogen-bond acceptors (Lipinski definition) is 4. The topological polar surface area (TPSA) is 85.1 Å². The Labute approximate surface area is 121 Å². The van der Waals surface area contributed by atoms with Crippen molar-refractivity contribution >= 4 is 17.3 Å². The Morgan fingerprint density at radius 2 is 1.95 bits per heavy atom. The van der Waals surface area contributed by atoms with Crippen LogP contribution in [0.25, 0.3) is 0 Å². The van der Waals surface area contributed by atoms with Crippen molar-refractivity contribution in [3.05, 3.63) is 64.0 Å². The third kappa shape index (κ3) is 3.57. The molecule has 6 nitrogen and oxygen atoms in total. The van der Waals surface area contributed by atoms with Gasteiger partial charge in [-0.2, -0.15) is 13.2 Å². The molecule has 1 heterocycles. The lowest BCUT2D eigenvalue weighted by Gasteiger charge is -2.07. The summed E-state index contributed by atoms with van der Waals surface area (Å²) in [5.74, 6) is -0.721. The minimum Gasteiger partial charge on any atom is -0.322 e. The summed E-state index contributed by atoms with van der Waals surface area (Å²) in [6, 6.07) is 6.83. The highest BCUT2D eigenvalue weighted by Gasteiger charge is 2.32. The van der Waals surface area contributed by atoms with E-state index in [9.17, 15) is 28.1 Å². The molecule has 1 aromatic carbocycles. The van der Waals surface area contributed by atoms with Crippen molar-refractivity contribution in [2.45, 2.75) is 6.18 Å². The predicted molar refractivity (Wildman–Crippen MR) is 70.3 cm³/mol. The Bertz CT molecular complexity index is 714. The fraction of sp³-hybridized carbons (Fsp3) is 0.0769. The van der Waals surface area contributed by atoms with E-state index in [4.69, 9.17) is 0 Å². The lowest BCUT2D eigenvalue weighted by atomic mass is 10.2.